The highest BCUT2D eigenvalue weighted by molar-refractivity contribution is 6.10. The second kappa shape index (κ2) is 12.9. The lowest BCUT2D eigenvalue weighted by atomic mass is 9.99. The molecule has 5 aromatic rings. The van der Waals surface area contributed by atoms with Crippen LogP contribution in [-0.2, 0) is 19.1 Å². The zero-order chi connectivity index (χ0) is 35.2. The van der Waals surface area contributed by atoms with Crippen molar-refractivity contribution in [3.05, 3.63) is 95.0 Å². The summed E-state index contributed by atoms with van der Waals surface area (Å²) in [5, 5.41) is 9.06. The number of alkyl halides is 3. The van der Waals surface area contributed by atoms with Crippen molar-refractivity contribution < 1.29 is 22.7 Å². The topological polar surface area (TPSA) is 162 Å². The molecule has 0 spiro atoms. The molecule has 1 saturated carbocycles. The van der Waals surface area contributed by atoms with E-state index in [9.17, 15) is 18.0 Å². The molecule has 0 radical (unpaired) electrons. The fourth-order valence-corrected chi connectivity index (χ4v) is 6.37. The van der Waals surface area contributed by atoms with Crippen LogP contribution < -0.4 is 15.4 Å². The Hall–Kier alpha value is -5.73. The van der Waals surface area contributed by atoms with Crippen molar-refractivity contribution in [1.82, 2.24) is 34.5 Å². The third-order valence-electron chi connectivity index (χ3n) is 9.04. The number of hydrogen-bond donors (Lipinski definition) is 2. The lowest BCUT2D eigenvalue weighted by Crippen LogP contribution is -2.32. The summed E-state index contributed by atoms with van der Waals surface area (Å²) in [7, 11) is 1.52. The number of carbonyl (C=O) groups excluding carboxylic acids is 1. The van der Waals surface area contributed by atoms with Gasteiger partial charge in [-0.1, -0.05) is 36.4 Å². The first-order chi connectivity index (χ1) is 24.0. The molecule has 1 aliphatic heterocycles. The van der Waals surface area contributed by atoms with Crippen molar-refractivity contribution in [2.24, 2.45) is 5.73 Å². The van der Waals surface area contributed by atoms with E-state index in [2.05, 4.69) is 24.9 Å². The fourth-order valence-electron chi connectivity index (χ4n) is 6.37. The smallest absolute Gasteiger partial charge is 0.434 e. The molecule has 4 heterocycles. The third kappa shape index (κ3) is 6.37. The molecule has 2 aromatic carbocycles. The van der Waals surface area contributed by atoms with E-state index in [0.29, 0.717) is 41.2 Å². The van der Waals surface area contributed by atoms with Gasteiger partial charge in [-0.2, -0.15) is 18.2 Å². The summed E-state index contributed by atoms with van der Waals surface area (Å²) in [5.74, 6) is 0.750. The summed E-state index contributed by atoms with van der Waals surface area (Å²) in [6.07, 6.45) is 2.56. The van der Waals surface area contributed by atoms with Crippen LogP contribution in [0.3, 0.4) is 0 Å². The van der Waals surface area contributed by atoms with Crippen LogP contribution in [0.1, 0.15) is 76.6 Å². The SMILES string of the molecule is COc1ncnc(C2CC2)c1-c1ncnc(N(CC(=N)c2ccccc2C(N)=O)Cc2ccc3c(c2)CC[C@@H](C)n2cc(C(F)(F)F)nc2-3)n1. The number of nitrogens with zero attached hydrogens (tertiary/aromatic N) is 8. The first-order valence-electron chi connectivity index (χ1n) is 16.1. The van der Waals surface area contributed by atoms with E-state index in [0.717, 1.165) is 35.9 Å². The van der Waals surface area contributed by atoms with E-state index in [1.165, 1.54) is 19.8 Å². The molecular formula is C35H33F3N10O2. The summed E-state index contributed by atoms with van der Waals surface area (Å²) in [6, 6.07) is 12.0. The number of rotatable bonds is 10. The normalized spacial score (nSPS) is 15.5. The molecule has 0 saturated heterocycles. The van der Waals surface area contributed by atoms with E-state index in [1.54, 1.807) is 39.8 Å². The Kier molecular flexibility index (Phi) is 8.49. The lowest BCUT2D eigenvalue weighted by Gasteiger charge is -2.24. The van der Waals surface area contributed by atoms with Crippen molar-refractivity contribution in [3.63, 3.8) is 0 Å². The Bertz CT molecular complexity index is 2110. The fraction of sp³-hybridized carbons (Fsp3) is 0.314. The van der Waals surface area contributed by atoms with Crippen LogP contribution in [0.25, 0.3) is 22.8 Å². The lowest BCUT2D eigenvalue weighted by molar-refractivity contribution is -0.140. The van der Waals surface area contributed by atoms with Crippen LogP contribution in [0.5, 0.6) is 5.88 Å². The Morgan fingerprint density at radius 3 is 2.52 bits per heavy atom. The van der Waals surface area contributed by atoms with Gasteiger partial charge in [0.1, 0.15) is 24.0 Å². The van der Waals surface area contributed by atoms with Gasteiger partial charge in [0, 0.05) is 41.4 Å². The number of anilines is 1. The largest absolute Gasteiger partial charge is 0.480 e. The minimum atomic E-state index is -4.56. The molecule has 3 N–H and O–H groups in total. The maximum atomic E-state index is 13.6. The molecule has 12 nitrogen and oxygen atoms in total. The maximum absolute atomic E-state index is 13.6. The Labute approximate surface area is 285 Å². The Morgan fingerprint density at radius 2 is 1.80 bits per heavy atom. The zero-order valence-electron chi connectivity index (χ0n) is 27.3. The van der Waals surface area contributed by atoms with E-state index in [4.69, 9.17) is 20.9 Å². The Balaban J connectivity index is 1.28. The monoisotopic (exact) mass is 682 g/mol. The predicted octanol–water partition coefficient (Wildman–Crippen LogP) is 5.78. The number of fused-ring (bicyclic) bond motifs is 3. The quantitative estimate of drug-likeness (QED) is 0.174. The number of carbonyl (C=O) groups is 1. The summed E-state index contributed by atoms with van der Waals surface area (Å²) in [6.45, 7) is 2.09. The average molecular weight is 683 g/mol. The van der Waals surface area contributed by atoms with Crippen LogP contribution in [0.4, 0.5) is 19.1 Å². The number of nitrogens with two attached hydrogens (primary N) is 1. The van der Waals surface area contributed by atoms with Crippen molar-refractivity contribution in [2.45, 2.75) is 57.3 Å². The molecule has 1 aliphatic carbocycles. The standard InChI is InChI=1S/C35H33F3N10O2/c1-19-7-9-22-13-20(8-12-23(22)32-45-27(16-48(19)32)35(36,37)38)14-47(15-26(39)24-5-3-4-6-25(24)30(40)49)34-44-18-42-31(46-34)28-29(21-10-11-21)41-17-43-33(28)50-2/h3-6,8,12-13,16-19,21,39H,7,9-11,14-15H2,1-2H3,(H2,40,49)/t19-/m1/s1. The van der Waals surface area contributed by atoms with Crippen LogP contribution in [0.15, 0.2) is 61.3 Å². The molecule has 256 valence electrons. The van der Waals surface area contributed by atoms with Gasteiger partial charge < -0.3 is 25.3 Å². The Morgan fingerprint density at radius 1 is 1.04 bits per heavy atom. The highest BCUT2D eigenvalue weighted by Gasteiger charge is 2.36. The second-order valence-electron chi connectivity index (χ2n) is 12.5. The highest BCUT2D eigenvalue weighted by atomic mass is 19.4. The number of methoxy groups -OCH3 is 1. The summed E-state index contributed by atoms with van der Waals surface area (Å²) in [5.41, 5.74) is 9.07. The molecular weight excluding hydrogens is 649 g/mol. The average Bonchev–Trinajstić information content (AvgIpc) is 3.88. The number of halogens is 3. The number of hydrogen-bond acceptors (Lipinski definition) is 10. The minimum Gasteiger partial charge on any atom is -0.480 e. The maximum Gasteiger partial charge on any atom is 0.434 e. The molecule has 7 rings (SSSR count). The molecule has 3 aromatic heterocycles. The van der Waals surface area contributed by atoms with Crippen LogP contribution in [-0.4, -0.2) is 59.7 Å². The number of aromatic nitrogens is 7. The number of primary amides is 1. The van der Waals surface area contributed by atoms with Crippen molar-refractivity contribution in [3.8, 4) is 28.7 Å². The molecule has 1 amide bonds. The molecule has 1 atom stereocenters. The number of imidazole rings is 1. The van der Waals surface area contributed by atoms with Gasteiger partial charge in [-0.15, -0.1) is 0 Å². The molecule has 50 heavy (non-hydrogen) atoms. The van der Waals surface area contributed by atoms with Crippen molar-refractivity contribution in [2.75, 3.05) is 18.6 Å². The van der Waals surface area contributed by atoms with Crippen LogP contribution >= 0.6 is 0 Å². The van der Waals surface area contributed by atoms with Crippen LogP contribution in [0, 0.1) is 5.41 Å². The van der Waals surface area contributed by atoms with E-state index >= 15 is 0 Å². The van der Waals surface area contributed by atoms with Gasteiger partial charge in [-0.05, 0) is 49.8 Å². The van der Waals surface area contributed by atoms with Crippen LogP contribution in [0.2, 0.25) is 0 Å². The van der Waals surface area contributed by atoms with Gasteiger partial charge in [0.15, 0.2) is 11.5 Å². The first-order valence-corrected chi connectivity index (χ1v) is 16.1. The summed E-state index contributed by atoms with van der Waals surface area (Å²) >= 11 is 0. The zero-order valence-corrected chi connectivity index (χ0v) is 27.3. The number of ether oxygens (including phenoxy) is 1. The highest BCUT2D eigenvalue weighted by Crippen LogP contribution is 2.45. The number of amides is 1. The number of aryl methyl sites for hydroxylation is 1. The number of benzene rings is 2. The molecule has 0 unspecified atom stereocenters. The van der Waals surface area contributed by atoms with Gasteiger partial charge in [0.2, 0.25) is 17.7 Å². The van der Waals surface area contributed by atoms with Crippen molar-refractivity contribution in [1.29, 1.82) is 5.41 Å². The molecule has 15 heteroatoms. The molecule has 2 aliphatic rings. The molecule has 1 fully saturated rings. The summed E-state index contributed by atoms with van der Waals surface area (Å²) < 4.78 is 48.1. The van der Waals surface area contributed by atoms with Gasteiger partial charge in [-0.3, -0.25) is 4.79 Å². The van der Waals surface area contributed by atoms with Crippen molar-refractivity contribution >= 4 is 17.6 Å². The van der Waals surface area contributed by atoms with E-state index in [-0.39, 0.29) is 48.1 Å². The van der Waals surface area contributed by atoms with Gasteiger partial charge in [0.05, 0.1) is 25.1 Å². The van der Waals surface area contributed by atoms with Gasteiger partial charge in [0.25, 0.3) is 0 Å². The molecule has 0 bridgehead atoms. The third-order valence-corrected chi connectivity index (χ3v) is 9.04. The number of nitrogens with one attached hydrogen (secondary N) is 1. The first kappa shape index (κ1) is 32.8. The van der Waals surface area contributed by atoms with Gasteiger partial charge in [-0.25, -0.2) is 24.9 Å². The predicted molar refractivity (Wildman–Crippen MR) is 178 cm³/mol. The van der Waals surface area contributed by atoms with Gasteiger partial charge >= 0.3 is 6.18 Å². The summed E-state index contributed by atoms with van der Waals surface area (Å²) in [4.78, 5) is 40.6. The minimum absolute atomic E-state index is 0.0148. The second-order valence-corrected chi connectivity index (χ2v) is 12.5. The van der Waals surface area contributed by atoms with E-state index in [1.807, 2.05) is 19.1 Å². The van der Waals surface area contributed by atoms with E-state index < -0.39 is 17.8 Å².